The fourth-order valence-corrected chi connectivity index (χ4v) is 2.46. The van der Waals surface area contributed by atoms with Gasteiger partial charge in [0.2, 0.25) is 0 Å². The Hall–Kier alpha value is -1.06. The summed E-state index contributed by atoms with van der Waals surface area (Å²) in [6, 6.07) is 7.81. The van der Waals surface area contributed by atoms with Crippen LogP contribution in [0, 0.1) is 0 Å². The second-order valence-electron chi connectivity index (χ2n) is 5.43. The number of hydrogen-bond acceptors (Lipinski definition) is 3. The van der Waals surface area contributed by atoms with E-state index >= 15 is 0 Å². The van der Waals surface area contributed by atoms with Crippen LogP contribution in [0.4, 0.5) is 0 Å². The van der Waals surface area contributed by atoms with Crippen LogP contribution in [0.2, 0.25) is 0 Å². The summed E-state index contributed by atoms with van der Waals surface area (Å²) in [5.41, 5.74) is 6.26. The molecule has 1 aliphatic carbocycles. The predicted molar refractivity (Wildman–Crippen MR) is 72.6 cm³/mol. The second-order valence-corrected chi connectivity index (χ2v) is 5.43. The molecule has 0 aromatic heterocycles. The van der Waals surface area contributed by atoms with Crippen molar-refractivity contribution in [3.05, 3.63) is 29.8 Å². The third-order valence-corrected chi connectivity index (χ3v) is 3.68. The lowest BCUT2D eigenvalue weighted by Crippen LogP contribution is -2.37. The summed E-state index contributed by atoms with van der Waals surface area (Å²) in [6.45, 7) is 2.34. The van der Waals surface area contributed by atoms with Crippen molar-refractivity contribution in [1.29, 1.82) is 0 Å². The second kappa shape index (κ2) is 5.72. The molecule has 0 spiro atoms. The molecule has 3 nitrogen and oxygen atoms in total. The van der Waals surface area contributed by atoms with Crippen LogP contribution in [-0.2, 0) is 0 Å². The topological polar surface area (TPSA) is 55.5 Å². The number of aliphatic hydroxyl groups is 1. The van der Waals surface area contributed by atoms with Crippen molar-refractivity contribution in [2.45, 2.75) is 50.7 Å². The Morgan fingerprint density at radius 3 is 2.72 bits per heavy atom. The molecule has 100 valence electrons. The number of rotatable bonds is 4. The Morgan fingerprint density at radius 1 is 1.33 bits per heavy atom. The van der Waals surface area contributed by atoms with Gasteiger partial charge in [-0.1, -0.05) is 31.4 Å². The van der Waals surface area contributed by atoms with Crippen LogP contribution < -0.4 is 10.5 Å². The minimum absolute atomic E-state index is 0.00585. The first-order valence-corrected chi connectivity index (χ1v) is 6.80. The van der Waals surface area contributed by atoms with Crippen LogP contribution in [0.3, 0.4) is 0 Å². The molecule has 0 amide bonds. The first-order valence-electron chi connectivity index (χ1n) is 6.80. The average molecular weight is 249 g/mol. The van der Waals surface area contributed by atoms with Gasteiger partial charge in [0, 0.05) is 6.04 Å². The molecule has 1 aromatic rings. The van der Waals surface area contributed by atoms with Gasteiger partial charge in [-0.05, 0) is 37.5 Å². The maximum Gasteiger partial charge on any atom is 0.119 e. The van der Waals surface area contributed by atoms with Gasteiger partial charge in [-0.25, -0.2) is 0 Å². The molecule has 3 N–H and O–H groups in total. The highest BCUT2D eigenvalue weighted by Gasteiger charge is 2.29. The Morgan fingerprint density at radius 2 is 2.06 bits per heavy atom. The summed E-state index contributed by atoms with van der Waals surface area (Å²) >= 11 is 0. The maximum atomic E-state index is 10.4. The molecule has 0 heterocycles. The lowest BCUT2D eigenvalue weighted by molar-refractivity contribution is -0.0339. The highest BCUT2D eigenvalue weighted by atomic mass is 16.5. The van der Waals surface area contributed by atoms with Gasteiger partial charge in [-0.2, -0.15) is 0 Å². The van der Waals surface area contributed by atoms with Gasteiger partial charge in [-0.3, -0.25) is 0 Å². The lowest BCUT2D eigenvalue weighted by atomic mass is 9.85. The molecule has 1 atom stereocenters. The molecule has 1 unspecified atom stereocenters. The van der Waals surface area contributed by atoms with E-state index in [0.717, 1.165) is 37.0 Å². The van der Waals surface area contributed by atoms with Gasteiger partial charge < -0.3 is 15.6 Å². The Labute approximate surface area is 109 Å². The minimum Gasteiger partial charge on any atom is -0.491 e. The molecule has 2 rings (SSSR count). The summed E-state index contributed by atoms with van der Waals surface area (Å²) in [6.07, 6.45) is 5.11. The zero-order valence-electron chi connectivity index (χ0n) is 11.1. The minimum atomic E-state index is -0.636. The Bertz CT molecular complexity index is 384. The van der Waals surface area contributed by atoms with Gasteiger partial charge in [0.15, 0.2) is 0 Å². The lowest BCUT2D eigenvalue weighted by Gasteiger charge is -2.31. The SMILES string of the molecule is CC(N)c1cccc(OCC2(O)CCCCC2)c1. The molecule has 0 saturated heterocycles. The molecule has 0 aliphatic heterocycles. The molecule has 3 heteroatoms. The fourth-order valence-electron chi connectivity index (χ4n) is 2.46. The van der Waals surface area contributed by atoms with Crippen molar-refractivity contribution in [2.24, 2.45) is 5.73 Å². The van der Waals surface area contributed by atoms with E-state index in [-0.39, 0.29) is 6.04 Å². The largest absolute Gasteiger partial charge is 0.491 e. The van der Waals surface area contributed by atoms with Crippen molar-refractivity contribution < 1.29 is 9.84 Å². The van der Waals surface area contributed by atoms with Crippen molar-refractivity contribution >= 4 is 0 Å². The van der Waals surface area contributed by atoms with E-state index < -0.39 is 5.60 Å². The van der Waals surface area contributed by atoms with E-state index in [2.05, 4.69) is 0 Å². The highest BCUT2D eigenvalue weighted by Crippen LogP contribution is 2.29. The first kappa shape index (κ1) is 13.4. The number of hydrogen-bond donors (Lipinski definition) is 2. The zero-order valence-corrected chi connectivity index (χ0v) is 11.1. The van der Waals surface area contributed by atoms with Gasteiger partial charge in [-0.15, -0.1) is 0 Å². The summed E-state index contributed by atoms with van der Waals surface area (Å²) in [4.78, 5) is 0. The maximum absolute atomic E-state index is 10.4. The van der Waals surface area contributed by atoms with E-state index in [1.807, 2.05) is 31.2 Å². The van der Waals surface area contributed by atoms with E-state index in [1.165, 1.54) is 6.42 Å². The van der Waals surface area contributed by atoms with E-state index in [4.69, 9.17) is 10.5 Å². The van der Waals surface area contributed by atoms with Crippen LogP contribution in [0.25, 0.3) is 0 Å². The third kappa shape index (κ3) is 3.47. The number of benzene rings is 1. The fraction of sp³-hybridized carbons (Fsp3) is 0.600. The quantitative estimate of drug-likeness (QED) is 0.862. The molecule has 1 aromatic carbocycles. The molecule has 1 saturated carbocycles. The number of ether oxygens (including phenoxy) is 1. The van der Waals surface area contributed by atoms with Crippen LogP contribution in [0.1, 0.15) is 50.6 Å². The molecule has 18 heavy (non-hydrogen) atoms. The van der Waals surface area contributed by atoms with Crippen molar-refractivity contribution in [1.82, 2.24) is 0 Å². The van der Waals surface area contributed by atoms with Crippen molar-refractivity contribution in [2.75, 3.05) is 6.61 Å². The third-order valence-electron chi connectivity index (χ3n) is 3.68. The van der Waals surface area contributed by atoms with Gasteiger partial charge in [0.25, 0.3) is 0 Å². The smallest absolute Gasteiger partial charge is 0.119 e. The van der Waals surface area contributed by atoms with Gasteiger partial charge in [0.05, 0.1) is 5.60 Å². The predicted octanol–water partition coefficient (Wildman–Crippen LogP) is 2.78. The van der Waals surface area contributed by atoms with Gasteiger partial charge in [0.1, 0.15) is 12.4 Å². The standard InChI is InChI=1S/C15H23NO2/c1-12(16)13-6-5-7-14(10-13)18-11-15(17)8-3-2-4-9-15/h5-7,10,12,17H,2-4,8-9,11,16H2,1H3. The van der Waals surface area contributed by atoms with Gasteiger partial charge >= 0.3 is 0 Å². The van der Waals surface area contributed by atoms with E-state index in [1.54, 1.807) is 0 Å². The zero-order chi connectivity index (χ0) is 13.0. The highest BCUT2D eigenvalue weighted by molar-refractivity contribution is 5.30. The summed E-state index contributed by atoms with van der Waals surface area (Å²) < 4.78 is 5.73. The Balaban J connectivity index is 1.95. The summed E-state index contributed by atoms with van der Waals surface area (Å²) in [5.74, 6) is 0.795. The molecular formula is C15H23NO2. The first-order chi connectivity index (χ1) is 8.59. The van der Waals surface area contributed by atoms with Crippen LogP contribution >= 0.6 is 0 Å². The monoisotopic (exact) mass is 249 g/mol. The van der Waals surface area contributed by atoms with Crippen molar-refractivity contribution in [3.8, 4) is 5.75 Å². The van der Waals surface area contributed by atoms with E-state index in [0.29, 0.717) is 6.61 Å². The summed E-state index contributed by atoms with van der Waals surface area (Å²) in [5, 5.41) is 10.4. The van der Waals surface area contributed by atoms with Crippen LogP contribution in [0.15, 0.2) is 24.3 Å². The number of nitrogens with two attached hydrogens (primary N) is 1. The van der Waals surface area contributed by atoms with Crippen LogP contribution in [-0.4, -0.2) is 17.3 Å². The Kier molecular flexibility index (Phi) is 4.25. The van der Waals surface area contributed by atoms with Crippen molar-refractivity contribution in [3.63, 3.8) is 0 Å². The molecule has 1 fully saturated rings. The summed E-state index contributed by atoms with van der Waals surface area (Å²) in [7, 11) is 0. The molecule has 1 aliphatic rings. The normalized spacial score (nSPS) is 20.4. The van der Waals surface area contributed by atoms with Crippen LogP contribution in [0.5, 0.6) is 5.75 Å². The molecule has 0 bridgehead atoms. The average Bonchev–Trinajstić information content (AvgIpc) is 2.38. The molecule has 0 radical (unpaired) electrons. The molecular weight excluding hydrogens is 226 g/mol. The van der Waals surface area contributed by atoms with E-state index in [9.17, 15) is 5.11 Å².